The Bertz CT molecular complexity index is 1020. The lowest BCUT2D eigenvalue weighted by Gasteiger charge is -2.44. The number of quaternary nitrogens is 1. The number of esters is 1. The van der Waals surface area contributed by atoms with E-state index in [0.29, 0.717) is 34.7 Å². The third-order valence-electron chi connectivity index (χ3n) is 7.47. The first-order chi connectivity index (χ1) is 15.6. The molecule has 4 rings (SSSR count). The summed E-state index contributed by atoms with van der Waals surface area (Å²) < 4.78 is 17.7. The fraction of sp³-hybridized carbons (Fsp3) is 0.444. The molecule has 1 saturated heterocycles. The van der Waals surface area contributed by atoms with Crippen LogP contribution in [0.2, 0.25) is 0 Å². The molecule has 176 valence electrons. The number of hydrogen-bond acceptors (Lipinski definition) is 5. The topological polar surface area (TPSA) is 65.0 Å². The van der Waals surface area contributed by atoms with Crippen LogP contribution in [0.1, 0.15) is 35.1 Å². The summed E-state index contributed by atoms with van der Waals surface area (Å²) in [6.07, 6.45) is 5.68. The Labute approximate surface area is 196 Å². The lowest BCUT2D eigenvalue weighted by Crippen LogP contribution is -2.57. The summed E-state index contributed by atoms with van der Waals surface area (Å²) in [5.74, 6) is 0.721. The molecule has 2 unspecified atom stereocenters. The van der Waals surface area contributed by atoms with Crippen molar-refractivity contribution >= 4 is 5.97 Å². The predicted molar refractivity (Wildman–Crippen MR) is 126 cm³/mol. The van der Waals surface area contributed by atoms with Crippen LogP contribution < -0.4 is 9.47 Å². The molecule has 1 N–H and O–H groups in total. The van der Waals surface area contributed by atoms with E-state index in [0.717, 1.165) is 28.5 Å². The molecule has 2 aromatic carbocycles. The van der Waals surface area contributed by atoms with Gasteiger partial charge in [0, 0.05) is 12.8 Å². The van der Waals surface area contributed by atoms with Crippen LogP contribution in [0.5, 0.6) is 11.5 Å². The van der Waals surface area contributed by atoms with Gasteiger partial charge < -0.3 is 23.8 Å². The van der Waals surface area contributed by atoms with Gasteiger partial charge in [0.15, 0.2) is 0 Å². The zero-order chi connectivity index (χ0) is 24.0. The van der Waals surface area contributed by atoms with Gasteiger partial charge in [0.25, 0.3) is 0 Å². The SMILES string of the molecule is COc1ccc(C(O)(C(=O)OC2CC3C=C[C@H](C2)[N+]3(C)C)c2ccc(OC)c(C)c2)cc1C. The van der Waals surface area contributed by atoms with E-state index in [2.05, 4.69) is 26.2 Å². The number of aliphatic hydroxyl groups is 1. The number of likely N-dealkylation sites (N-methyl/N-ethyl adjacent to an activating group) is 1. The first-order valence-corrected chi connectivity index (χ1v) is 11.4. The van der Waals surface area contributed by atoms with E-state index < -0.39 is 11.6 Å². The van der Waals surface area contributed by atoms with Crippen LogP contribution in [0.4, 0.5) is 0 Å². The second-order valence-electron chi connectivity index (χ2n) is 9.73. The van der Waals surface area contributed by atoms with Crippen molar-refractivity contribution in [2.45, 2.75) is 50.5 Å². The zero-order valence-corrected chi connectivity index (χ0v) is 20.3. The molecule has 3 atom stereocenters. The number of rotatable bonds is 6. The fourth-order valence-electron chi connectivity index (χ4n) is 5.22. The molecule has 6 nitrogen and oxygen atoms in total. The number of aryl methyl sites for hydroxylation is 2. The molecule has 2 aliphatic heterocycles. The summed E-state index contributed by atoms with van der Waals surface area (Å²) in [4.78, 5) is 13.7. The molecule has 0 saturated carbocycles. The van der Waals surface area contributed by atoms with Crippen molar-refractivity contribution in [3.63, 3.8) is 0 Å². The Morgan fingerprint density at radius 1 is 0.909 bits per heavy atom. The highest BCUT2D eigenvalue weighted by Crippen LogP contribution is 2.39. The van der Waals surface area contributed by atoms with Crippen LogP contribution in [-0.4, -0.2) is 62.1 Å². The predicted octanol–water partition coefficient (Wildman–Crippen LogP) is 3.65. The highest BCUT2D eigenvalue weighted by Gasteiger charge is 2.49. The quantitative estimate of drug-likeness (QED) is 0.412. The van der Waals surface area contributed by atoms with Gasteiger partial charge in [0.1, 0.15) is 29.7 Å². The normalized spacial score (nSPS) is 23.3. The van der Waals surface area contributed by atoms with Crippen molar-refractivity contribution in [2.75, 3.05) is 28.3 Å². The first kappa shape index (κ1) is 23.3. The molecule has 2 aromatic rings. The molecular formula is C27H34NO5+. The van der Waals surface area contributed by atoms with Crippen molar-refractivity contribution in [3.8, 4) is 11.5 Å². The number of ether oxygens (including phenoxy) is 3. The number of fused-ring (bicyclic) bond motifs is 2. The van der Waals surface area contributed by atoms with Gasteiger partial charge in [-0.2, -0.15) is 0 Å². The zero-order valence-electron chi connectivity index (χ0n) is 20.3. The third-order valence-corrected chi connectivity index (χ3v) is 7.47. The Morgan fingerprint density at radius 3 is 1.76 bits per heavy atom. The van der Waals surface area contributed by atoms with Crippen LogP contribution in [0.3, 0.4) is 0 Å². The molecule has 0 aliphatic carbocycles. The Morgan fingerprint density at radius 2 is 1.36 bits per heavy atom. The molecule has 0 amide bonds. The van der Waals surface area contributed by atoms with Crippen molar-refractivity contribution in [3.05, 3.63) is 70.8 Å². The van der Waals surface area contributed by atoms with Gasteiger partial charge in [-0.15, -0.1) is 0 Å². The first-order valence-electron chi connectivity index (χ1n) is 11.4. The molecule has 33 heavy (non-hydrogen) atoms. The molecule has 0 spiro atoms. The lowest BCUT2D eigenvalue weighted by atomic mass is 9.84. The third kappa shape index (κ3) is 3.91. The van der Waals surface area contributed by atoms with Gasteiger partial charge in [-0.1, -0.05) is 12.1 Å². The highest BCUT2D eigenvalue weighted by atomic mass is 16.6. The lowest BCUT2D eigenvalue weighted by molar-refractivity contribution is -0.926. The number of carbonyl (C=O) groups excluding carboxylic acids is 1. The molecule has 1 fully saturated rings. The molecular weight excluding hydrogens is 418 g/mol. The molecule has 6 heteroatoms. The van der Waals surface area contributed by atoms with Gasteiger partial charge in [0.05, 0.1) is 28.3 Å². The largest absolute Gasteiger partial charge is 0.496 e. The molecule has 0 aromatic heterocycles. The van der Waals surface area contributed by atoms with Crippen LogP contribution in [0.15, 0.2) is 48.6 Å². The standard InChI is InChI=1S/C27H34NO5/c1-17-13-19(7-11-24(17)31-5)27(30,20-8-12-25(32-6)18(2)14-20)26(29)33-23-15-21-9-10-22(16-23)28(21,3)4/h7-14,21-23,30H,15-16H2,1-6H3/q+1/t21-,22?,23?/m1/s1. The van der Waals surface area contributed by atoms with Gasteiger partial charge in [0.2, 0.25) is 5.60 Å². The maximum Gasteiger partial charge on any atom is 0.347 e. The summed E-state index contributed by atoms with van der Waals surface area (Å²) in [7, 11) is 7.62. The summed E-state index contributed by atoms with van der Waals surface area (Å²) in [5, 5.41) is 12.0. The average molecular weight is 453 g/mol. The van der Waals surface area contributed by atoms with E-state index in [1.165, 1.54) is 0 Å². The summed E-state index contributed by atoms with van der Waals surface area (Å²) in [6, 6.07) is 11.2. The van der Waals surface area contributed by atoms with Gasteiger partial charge in [-0.3, -0.25) is 0 Å². The average Bonchev–Trinajstić information content (AvgIpc) is 2.94. The monoisotopic (exact) mass is 452 g/mol. The van der Waals surface area contributed by atoms with E-state index >= 15 is 0 Å². The van der Waals surface area contributed by atoms with Crippen molar-refractivity contribution in [2.24, 2.45) is 0 Å². The number of methoxy groups -OCH3 is 2. The fourth-order valence-corrected chi connectivity index (χ4v) is 5.22. The number of benzene rings is 2. The van der Waals surface area contributed by atoms with Crippen LogP contribution in [-0.2, 0) is 15.1 Å². The van der Waals surface area contributed by atoms with E-state index in [-0.39, 0.29) is 6.10 Å². The van der Waals surface area contributed by atoms with Gasteiger partial charge >= 0.3 is 5.97 Å². The maximum absolute atomic E-state index is 13.7. The van der Waals surface area contributed by atoms with Crippen molar-refractivity contribution in [1.82, 2.24) is 0 Å². The molecule has 2 bridgehead atoms. The minimum absolute atomic E-state index is 0.251. The minimum atomic E-state index is -1.96. The molecule has 0 radical (unpaired) electrons. The van der Waals surface area contributed by atoms with Crippen LogP contribution >= 0.6 is 0 Å². The van der Waals surface area contributed by atoms with Crippen molar-refractivity contribution < 1.29 is 28.6 Å². The Kier molecular flexibility index (Phi) is 6.01. The summed E-state index contributed by atoms with van der Waals surface area (Å²) in [6.45, 7) is 3.77. The molecule has 2 heterocycles. The van der Waals surface area contributed by atoms with E-state index in [9.17, 15) is 9.90 Å². The van der Waals surface area contributed by atoms with Crippen LogP contribution in [0.25, 0.3) is 0 Å². The Hall–Kier alpha value is -2.83. The summed E-state index contributed by atoms with van der Waals surface area (Å²) >= 11 is 0. The second-order valence-corrected chi connectivity index (χ2v) is 9.73. The summed E-state index contributed by atoms with van der Waals surface area (Å²) in [5.41, 5.74) is 0.588. The van der Waals surface area contributed by atoms with E-state index in [1.54, 1.807) is 50.6 Å². The second kappa shape index (κ2) is 8.50. The number of nitrogens with zero attached hydrogens (tertiary/aromatic N) is 1. The van der Waals surface area contributed by atoms with Gasteiger partial charge in [-0.05, 0) is 72.5 Å². The number of piperidine rings is 1. The smallest absolute Gasteiger partial charge is 0.347 e. The number of hydrogen-bond donors (Lipinski definition) is 1. The maximum atomic E-state index is 13.7. The minimum Gasteiger partial charge on any atom is -0.496 e. The van der Waals surface area contributed by atoms with E-state index in [4.69, 9.17) is 14.2 Å². The highest BCUT2D eigenvalue weighted by molar-refractivity contribution is 5.86. The van der Waals surface area contributed by atoms with E-state index in [1.807, 2.05) is 13.8 Å². The van der Waals surface area contributed by atoms with Crippen molar-refractivity contribution in [1.29, 1.82) is 0 Å². The van der Waals surface area contributed by atoms with Crippen LogP contribution in [0, 0.1) is 13.8 Å². The molecule has 2 aliphatic rings. The Balaban J connectivity index is 1.71. The number of carbonyl (C=O) groups is 1. The van der Waals surface area contributed by atoms with Gasteiger partial charge in [-0.25, -0.2) is 4.79 Å².